The monoisotopic (exact) mass is 229 g/mol. The van der Waals surface area contributed by atoms with Crippen molar-refractivity contribution in [2.75, 3.05) is 7.05 Å². The Morgan fingerprint density at radius 2 is 1.56 bits per heavy atom. The third-order valence-corrected chi connectivity index (χ3v) is 2.06. The number of aliphatic imine (C=N–C) groups is 1. The molecule has 0 saturated carbocycles. The number of carbonyl (C=O) groups excluding carboxylic acids is 1. The van der Waals surface area contributed by atoms with Crippen molar-refractivity contribution in [2.24, 2.45) is 4.99 Å². The van der Waals surface area contributed by atoms with Gasteiger partial charge in [-0.2, -0.15) is 13.2 Å². The van der Waals surface area contributed by atoms with Gasteiger partial charge in [0.05, 0.1) is 0 Å². The second-order valence-electron chi connectivity index (χ2n) is 3.20. The van der Waals surface area contributed by atoms with Crippen LogP contribution in [0, 0.1) is 0 Å². The van der Waals surface area contributed by atoms with Gasteiger partial charge in [0.25, 0.3) is 0 Å². The minimum Gasteiger partial charge on any atom is -0.295 e. The number of Topliss-reactive ketones (excluding diaryl/α,β-unsaturated/α-hetero) is 1. The van der Waals surface area contributed by atoms with E-state index in [2.05, 4.69) is 4.99 Å². The van der Waals surface area contributed by atoms with Crippen molar-refractivity contribution in [3.8, 4) is 0 Å². The van der Waals surface area contributed by atoms with E-state index in [0.29, 0.717) is 5.56 Å². The van der Waals surface area contributed by atoms with Gasteiger partial charge in [0.15, 0.2) is 5.78 Å². The lowest BCUT2D eigenvalue weighted by atomic mass is 10.1. The fourth-order valence-electron chi connectivity index (χ4n) is 1.28. The van der Waals surface area contributed by atoms with E-state index in [0.717, 1.165) is 7.05 Å². The lowest BCUT2D eigenvalue weighted by Crippen LogP contribution is -2.23. The van der Waals surface area contributed by atoms with E-state index in [1.165, 1.54) is 31.2 Å². The first-order valence-electron chi connectivity index (χ1n) is 4.51. The summed E-state index contributed by atoms with van der Waals surface area (Å²) in [5, 5.41) is 0. The van der Waals surface area contributed by atoms with Crippen molar-refractivity contribution in [1.29, 1.82) is 0 Å². The van der Waals surface area contributed by atoms with Gasteiger partial charge in [0, 0.05) is 18.2 Å². The van der Waals surface area contributed by atoms with Crippen LogP contribution in [0.2, 0.25) is 0 Å². The molecule has 0 aliphatic heterocycles. The third kappa shape index (κ3) is 2.68. The Kier molecular flexibility index (Phi) is 3.47. The number of nitrogens with zero attached hydrogens (tertiary/aromatic N) is 1. The minimum atomic E-state index is -4.48. The van der Waals surface area contributed by atoms with Crippen LogP contribution in [0.5, 0.6) is 0 Å². The molecule has 0 aliphatic carbocycles. The molecule has 1 aromatic rings. The molecule has 1 rings (SSSR count). The molecule has 0 atom stereocenters. The summed E-state index contributed by atoms with van der Waals surface area (Å²) in [5.74, 6) is -0.187. The Morgan fingerprint density at radius 3 is 1.88 bits per heavy atom. The number of hydrogen-bond donors (Lipinski definition) is 0. The number of alkyl halides is 3. The zero-order valence-corrected chi connectivity index (χ0v) is 8.80. The summed E-state index contributed by atoms with van der Waals surface area (Å²) in [6.07, 6.45) is -4.48. The standard InChI is InChI=1S/C11H10F3NO/c1-7(16)8-3-5-9(6-4-8)10(15-2)11(12,13)14/h3-6H,1-2H3. The summed E-state index contributed by atoms with van der Waals surface area (Å²) in [5.41, 5.74) is -0.607. The van der Waals surface area contributed by atoms with Crippen LogP contribution in [-0.4, -0.2) is 24.7 Å². The summed E-state index contributed by atoms with van der Waals surface area (Å²) in [7, 11) is 1.09. The molecule has 0 spiro atoms. The topological polar surface area (TPSA) is 29.4 Å². The number of carbonyl (C=O) groups is 1. The zero-order valence-electron chi connectivity index (χ0n) is 8.80. The fraction of sp³-hybridized carbons (Fsp3) is 0.273. The van der Waals surface area contributed by atoms with Crippen LogP contribution in [-0.2, 0) is 0 Å². The van der Waals surface area contributed by atoms with E-state index < -0.39 is 11.9 Å². The van der Waals surface area contributed by atoms with Crippen LogP contribution in [0.3, 0.4) is 0 Å². The van der Waals surface area contributed by atoms with Gasteiger partial charge < -0.3 is 0 Å². The maximum Gasteiger partial charge on any atom is 0.433 e. The van der Waals surface area contributed by atoms with Crippen LogP contribution in [0.4, 0.5) is 13.2 Å². The lowest BCUT2D eigenvalue weighted by Gasteiger charge is -2.09. The molecule has 0 radical (unpaired) electrons. The molecule has 0 heterocycles. The molecule has 0 aromatic heterocycles. The van der Waals surface area contributed by atoms with Gasteiger partial charge in [-0.15, -0.1) is 0 Å². The van der Waals surface area contributed by atoms with Crippen LogP contribution in [0.25, 0.3) is 0 Å². The van der Waals surface area contributed by atoms with Gasteiger partial charge in [-0.1, -0.05) is 24.3 Å². The molecule has 1 aromatic carbocycles. The highest BCUT2D eigenvalue weighted by Gasteiger charge is 2.36. The van der Waals surface area contributed by atoms with Crippen molar-refractivity contribution in [3.05, 3.63) is 35.4 Å². The highest BCUT2D eigenvalue weighted by Crippen LogP contribution is 2.22. The van der Waals surface area contributed by atoms with E-state index in [1.54, 1.807) is 0 Å². The SMILES string of the molecule is CN=C(c1ccc(C(C)=O)cc1)C(F)(F)F. The number of rotatable bonds is 2. The first-order valence-corrected chi connectivity index (χ1v) is 4.51. The van der Waals surface area contributed by atoms with E-state index in [4.69, 9.17) is 0 Å². The van der Waals surface area contributed by atoms with Crippen LogP contribution in [0.15, 0.2) is 29.3 Å². The predicted octanol–water partition coefficient (Wildman–Crippen LogP) is 2.87. The summed E-state index contributed by atoms with van der Waals surface area (Å²) in [6.45, 7) is 1.35. The molecular formula is C11H10F3NO. The Balaban J connectivity index is 3.11. The molecule has 0 fully saturated rings. The smallest absolute Gasteiger partial charge is 0.295 e. The van der Waals surface area contributed by atoms with Crippen LogP contribution in [0.1, 0.15) is 22.8 Å². The maximum atomic E-state index is 12.5. The molecule has 0 amide bonds. The van der Waals surface area contributed by atoms with Gasteiger partial charge in [0.2, 0.25) is 0 Å². The van der Waals surface area contributed by atoms with Gasteiger partial charge in [0.1, 0.15) is 5.71 Å². The molecule has 0 aliphatic rings. The van der Waals surface area contributed by atoms with Crippen molar-refractivity contribution in [1.82, 2.24) is 0 Å². The molecule has 16 heavy (non-hydrogen) atoms. The number of hydrogen-bond acceptors (Lipinski definition) is 2. The number of ketones is 1. The van der Waals surface area contributed by atoms with Crippen molar-refractivity contribution in [3.63, 3.8) is 0 Å². The molecule has 86 valence electrons. The molecule has 0 unspecified atom stereocenters. The average Bonchev–Trinajstić information content (AvgIpc) is 2.17. The molecule has 0 saturated heterocycles. The highest BCUT2D eigenvalue weighted by molar-refractivity contribution is 6.05. The van der Waals surface area contributed by atoms with Crippen LogP contribution >= 0.6 is 0 Å². The number of halogens is 3. The second kappa shape index (κ2) is 4.47. The molecule has 0 bridgehead atoms. The number of benzene rings is 1. The minimum absolute atomic E-state index is 0.0417. The van der Waals surface area contributed by atoms with E-state index in [1.807, 2.05) is 0 Å². The predicted molar refractivity (Wildman–Crippen MR) is 55.0 cm³/mol. The normalized spacial score (nSPS) is 12.7. The summed E-state index contributed by atoms with van der Waals surface area (Å²) < 4.78 is 37.4. The fourth-order valence-corrected chi connectivity index (χ4v) is 1.28. The van der Waals surface area contributed by atoms with E-state index >= 15 is 0 Å². The van der Waals surface area contributed by atoms with Crippen molar-refractivity contribution < 1.29 is 18.0 Å². The first kappa shape index (κ1) is 12.4. The second-order valence-corrected chi connectivity index (χ2v) is 3.20. The Labute approximate surface area is 90.8 Å². The Hall–Kier alpha value is -1.65. The van der Waals surface area contributed by atoms with Gasteiger partial charge >= 0.3 is 6.18 Å². The molecule has 2 nitrogen and oxygen atoms in total. The van der Waals surface area contributed by atoms with Crippen LogP contribution < -0.4 is 0 Å². The van der Waals surface area contributed by atoms with Gasteiger partial charge in [-0.05, 0) is 6.92 Å². The molecule has 0 N–H and O–H groups in total. The van der Waals surface area contributed by atoms with Crippen molar-refractivity contribution >= 4 is 11.5 Å². The third-order valence-electron chi connectivity index (χ3n) is 2.06. The zero-order chi connectivity index (χ0) is 12.3. The summed E-state index contributed by atoms with van der Waals surface area (Å²) >= 11 is 0. The van der Waals surface area contributed by atoms with Gasteiger partial charge in [-0.25, -0.2) is 0 Å². The summed E-state index contributed by atoms with van der Waals surface area (Å²) in [6, 6.07) is 5.20. The highest BCUT2D eigenvalue weighted by atomic mass is 19.4. The van der Waals surface area contributed by atoms with Crippen molar-refractivity contribution in [2.45, 2.75) is 13.1 Å². The Morgan fingerprint density at radius 1 is 1.12 bits per heavy atom. The largest absolute Gasteiger partial charge is 0.433 e. The summed E-state index contributed by atoms with van der Waals surface area (Å²) in [4.78, 5) is 14.2. The Bertz CT molecular complexity index is 418. The average molecular weight is 229 g/mol. The van der Waals surface area contributed by atoms with E-state index in [-0.39, 0.29) is 11.3 Å². The molecule has 5 heteroatoms. The lowest BCUT2D eigenvalue weighted by molar-refractivity contribution is -0.0581. The first-order chi connectivity index (χ1) is 7.36. The van der Waals surface area contributed by atoms with Gasteiger partial charge in [-0.3, -0.25) is 9.79 Å². The quantitative estimate of drug-likeness (QED) is 0.566. The maximum absolute atomic E-state index is 12.5. The van der Waals surface area contributed by atoms with E-state index in [9.17, 15) is 18.0 Å². The molecular weight excluding hydrogens is 219 g/mol.